The molecule has 0 radical (unpaired) electrons. The molecule has 0 aromatic heterocycles. The summed E-state index contributed by atoms with van der Waals surface area (Å²) in [5.41, 5.74) is 1.23. The lowest BCUT2D eigenvalue weighted by Crippen LogP contribution is -2.32. The lowest BCUT2D eigenvalue weighted by Gasteiger charge is -2.22. The molecule has 0 spiro atoms. The first kappa shape index (κ1) is 21.8. The van der Waals surface area contributed by atoms with E-state index in [4.69, 9.17) is 0 Å². The van der Waals surface area contributed by atoms with E-state index >= 15 is 0 Å². The third-order valence-corrected chi connectivity index (χ3v) is 5.36. The molecule has 0 aliphatic carbocycles. The molecule has 2 rings (SSSR count). The number of hydrogen-bond donors (Lipinski definition) is 1. The molecule has 0 heterocycles. The van der Waals surface area contributed by atoms with Crippen LogP contribution >= 0.6 is 0 Å². The average Bonchev–Trinajstić information content (AvgIpc) is 2.65. The average molecular weight is 410 g/mol. The third-order valence-electron chi connectivity index (χ3n) is 4.16. The van der Waals surface area contributed by atoms with Gasteiger partial charge in [0.2, 0.25) is 15.9 Å². The third kappa shape index (κ3) is 6.92. The van der Waals surface area contributed by atoms with Crippen LogP contribution in [-0.4, -0.2) is 33.7 Å². The number of nitrogens with zero attached hydrogens (tertiary/aromatic N) is 1. The van der Waals surface area contributed by atoms with Gasteiger partial charge in [0.15, 0.2) is 11.6 Å². The summed E-state index contributed by atoms with van der Waals surface area (Å²) in [6.45, 7) is 0.536. The molecule has 8 heteroatoms. The van der Waals surface area contributed by atoms with E-state index in [0.717, 1.165) is 35.5 Å². The van der Waals surface area contributed by atoms with Crippen LogP contribution in [0.5, 0.6) is 0 Å². The molecular formula is C20H24F2N2O3S. The maximum absolute atomic E-state index is 13.4. The number of nitrogens with one attached hydrogen (secondary N) is 1. The quantitative estimate of drug-likeness (QED) is 0.612. The van der Waals surface area contributed by atoms with Gasteiger partial charge in [-0.3, -0.25) is 9.10 Å². The Balaban J connectivity index is 1.78. The zero-order chi connectivity index (χ0) is 20.6. The van der Waals surface area contributed by atoms with Crippen LogP contribution in [-0.2, 0) is 21.2 Å². The molecule has 0 aliphatic heterocycles. The van der Waals surface area contributed by atoms with Gasteiger partial charge in [-0.2, -0.15) is 0 Å². The van der Waals surface area contributed by atoms with Crippen molar-refractivity contribution in [2.75, 3.05) is 23.7 Å². The summed E-state index contributed by atoms with van der Waals surface area (Å²) in [6, 6.07) is 12.8. The van der Waals surface area contributed by atoms with Gasteiger partial charge in [0, 0.05) is 25.6 Å². The summed E-state index contributed by atoms with van der Waals surface area (Å²) < 4.78 is 51.4. The van der Waals surface area contributed by atoms with E-state index in [1.54, 1.807) is 0 Å². The van der Waals surface area contributed by atoms with Crippen LogP contribution in [0.1, 0.15) is 24.8 Å². The van der Waals surface area contributed by atoms with E-state index in [2.05, 4.69) is 5.32 Å². The standard InChI is InChI=1S/C20H24F2N2O3S/c1-28(26,27)24(17-11-12-18(21)19(22)15-17)14-6-10-20(25)23-13-5-9-16-7-3-2-4-8-16/h2-4,7-8,11-12,15H,5-6,9-10,13-14H2,1H3,(H,23,25). The number of sulfonamides is 1. The minimum atomic E-state index is -3.68. The zero-order valence-corrected chi connectivity index (χ0v) is 16.5. The zero-order valence-electron chi connectivity index (χ0n) is 15.7. The summed E-state index contributed by atoms with van der Waals surface area (Å²) in [6.07, 6.45) is 3.05. The molecule has 152 valence electrons. The van der Waals surface area contributed by atoms with Crippen molar-refractivity contribution in [2.45, 2.75) is 25.7 Å². The Morgan fingerprint density at radius 1 is 1.04 bits per heavy atom. The first-order chi connectivity index (χ1) is 13.3. The van der Waals surface area contributed by atoms with E-state index in [9.17, 15) is 22.0 Å². The Labute approximate surface area is 164 Å². The van der Waals surface area contributed by atoms with Crippen LogP contribution in [0, 0.1) is 11.6 Å². The van der Waals surface area contributed by atoms with Crippen molar-refractivity contribution < 1.29 is 22.0 Å². The summed E-state index contributed by atoms with van der Waals surface area (Å²) >= 11 is 0. The molecule has 28 heavy (non-hydrogen) atoms. The summed E-state index contributed by atoms with van der Waals surface area (Å²) in [5.74, 6) is -2.35. The lowest BCUT2D eigenvalue weighted by atomic mass is 10.1. The minimum absolute atomic E-state index is 0.00133. The number of hydrogen-bond acceptors (Lipinski definition) is 3. The Morgan fingerprint density at radius 2 is 1.75 bits per heavy atom. The van der Waals surface area contributed by atoms with Crippen molar-refractivity contribution in [3.63, 3.8) is 0 Å². The highest BCUT2D eigenvalue weighted by atomic mass is 32.2. The van der Waals surface area contributed by atoms with Crippen molar-refractivity contribution in [1.29, 1.82) is 0 Å². The van der Waals surface area contributed by atoms with Gasteiger partial charge in [-0.1, -0.05) is 30.3 Å². The molecule has 1 amide bonds. The first-order valence-corrected chi connectivity index (χ1v) is 10.9. The number of amides is 1. The topological polar surface area (TPSA) is 66.5 Å². The number of carbonyl (C=O) groups excluding carboxylic acids is 1. The number of rotatable bonds is 10. The molecule has 1 N–H and O–H groups in total. The second-order valence-electron chi connectivity index (χ2n) is 6.48. The summed E-state index contributed by atoms with van der Waals surface area (Å²) in [7, 11) is -3.68. The van der Waals surface area contributed by atoms with E-state index in [0.29, 0.717) is 6.54 Å². The van der Waals surface area contributed by atoms with E-state index in [1.807, 2.05) is 30.3 Å². The second-order valence-corrected chi connectivity index (χ2v) is 8.38. The van der Waals surface area contributed by atoms with Crippen molar-refractivity contribution in [1.82, 2.24) is 5.32 Å². The Morgan fingerprint density at radius 3 is 2.39 bits per heavy atom. The van der Waals surface area contributed by atoms with Gasteiger partial charge in [0.25, 0.3) is 0 Å². The maximum atomic E-state index is 13.4. The fourth-order valence-corrected chi connectivity index (χ4v) is 3.72. The molecule has 0 bridgehead atoms. The molecule has 5 nitrogen and oxygen atoms in total. The number of anilines is 1. The minimum Gasteiger partial charge on any atom is -0.356 e. The highest BCUT2D eigenvalue weighted by Crippen LogP contribution is 2.21. The lowest BCUT2D eigenvalue weighted by molar-refractivity contribution is -0.121. The van der Waals surface area contributed by atoms with Crippen molar-refractivity contribution >= 4 is 21.6 Å². The van der Waals surface area contributed by atoms with Crippen molar-refractivity contribution in [3.05, 3.63) is 65.7 Å². The van der Waals surface area contributed by atoms with Crippen LogP contribution < -0.4 is 9.62 Å². The molecule has 0 aliphatic rings. The normalized spacial score (nSPS) is 11.2. The molecular weight excluding hydrogens is 386 g/mol. The van der Waals surface area contributed by atoms with Crippen molar-refractivity contribution in [3.8, 4) is 0 Å². The van der Waals surface area contributed by atoms with Crippen LogP contribution in [0.4, 0.5) is 14.5 Å². The fraction of sp³-hybridized carbons (Fsp3) is 0.350. The predicted molar refractivity (Wildman–Crippen MR) is 106 cm³/mol. The maximum Gasteiger partial charge on any atom is 0.232 e. The van der Waals surface area contributed by atoms with Gasteiger partial charge in [-0.25, -0.2) is 17.2 Å². The van der Waals surface area contributed by atoms with Gasteiger partial charge in [0.05, 0.1) is 11.9 Å². The molecule has 0 saturated heterocycles. The van der Waals surface area contributed by atoms with Gasteiger partial charge in [-0.05, 0) is 37.0 Å². The number of benzene rings is 2. The first-order valence-electron chi connectivity index (χ1n) is 9.01. The molecule has 2 aromatic rings. The number of carbonyl (C=O) groups is 1. The Kier molecular flexibility index (Phi) is 7.92. The molecule has 2 aromatic carbocycles. The van der Waals surface area contributed by atoms with Gasteiger partial charge in [-0.15, -0.1) is 0 Å². The smallest absolute Gasteiger partial charge is 0.232 e. The Bertz CT molecular complexity index is 890. The van der Waals surface area contributed by atoms with Gasteiger partial charge < -0.3 is 5.32 Å². The molecule has 0 unspecified atom stereocenters. The predicted octanol–water partition coefficient (Wildman–Crippen LogP) is 3.26. The molecule has 0 atom stereocenters. The monoisotopic (exact) mass is 410 g/mol. The highest BCUT2D eigenvalue weighted by Gasteiger charge is 2.19. The van der Waals surface area contributed by atoms with E-state index < -0.39 is 21.7 Å². The summed E-state index contributed by atoms with van der Waals surface area (Å²) in [5, 5.41) is 2.81. The van der Waals surface area contributed by atoms with Crippen LogP contribution in [0.3, 0.4) is 0 Å². The number of halogens is 2. The van der Waals surface area contributed by atoms with Gasteiger partial charge >= 0.3 is 0 Å². The van der Waals surface area contributed by atoms with Crippen LogP contribution in [0.2, 0.25) is 0 Å². The second kappa shape index (κ2) is 10.2. The van der Waals surface area contributed by atoms with Gasteiger partial charge in [0.1, 0.15) is 0 Å². The highest BCUT2D eigenvalue weighted by molar-refractivity contribution is 7.92. The Hall–Kier alpha value is -2.48. The van der Waals surface area contributed by atoms with Crippen LogP contribution in [0.25, 0.3) is 0 Å². The largest absolute Gasteiger partial charge is 0.356 e. The van der Waals surface area contributed by atoms with Crippen molar-refractivity contribution in [2.24, 2.45) is 0 Å². The molecule has 0 fully saturated rings. The van der Waals surface area contributed by atoms with E-state index in [-0.39, 0.29) is 31.0 Å². The van der Waals surface area contributed by atoms with E-state index in [1.165, 1.54) is 11.6 Å². The fourth-order valence-electron chi connectivity index (χ4n) is 2.76. The van der Waals surface area contributed by atoms with Crippen LogP contribution in [0.15, 0.2) is 48.5 Å². The molecule has 0 saturated carbocycles. The SMILES string of the molecule is CS(=O)(=O)N(CCCC(=O)NCCCc1ccccc1)c1ccc(F)c(F)c1. The summed E-state index contributed by atoms with van der Waals surface area (Å²) in [4.78, 5) is 11.9. The number of aryl methyl sites for hydroxylation is 1.